The third-order valence-electron chi connectivity index (χ3n) is 1.74. The molecule has 0 saturated heterocycles. The molecule has 0 aromatic carbocycles. The third-order valence-corrected chi connectivity index (χ3v) is 1.96. The van der Waals surface area contributed by atoms with Gasteiger partial charge in [-0.15, -0.1) is 5.10 Å². The van der Waals surface area contributed by atoms with Crippen LogP contribution in [0.2, 0.25) is 5.15 Å². The van der Waals surface area contributed by atoms with Gasteiger partial charge in [0.05, 0.1) is 12.4 Å². The second-order valence-electron chi connectivity index (χ2n) is 2.99. The van der Waals surface area contributed by atoms with Gasteiger partial charge in [-0.1, -0.05) is 16.8 Å². The van der Waals surface area contributed by atoms with Crippen LogP contribution in [0.1, 0.15) is 5.69 Å². The molecule has 5 nitrogen and oxygen atoms in total. The average Bonchev–Trinajstić information content (AvgIpc) is 2.64. The van der Waals surface area contributed by atoms with Gasteiger partial charge in [-0.25, -0.2) is 4.98 Å². The summed E-state index contributed by atoms with van der Waals surface area (Å²) >= 11 is 5.64. The van der Waals surface area contributed by atoms with Gasteiger partial charge < -0.3 is 4.74 Å². The van der Waals surface area contributed by atoms with Crippen molar-refractivity contribution in [3.8, 4) is 5.75 Å². The summed E-state index contributed by atoms with van der Waals surface area (Å²) in [5, 5.41) is 8.13. The van der Waals surface area contributed by atoms with Crippen molar-refractivity contribution < 1.29 is 4.74 Å². The summed E-state index contributed by atoms with van der Waals surface area (Å²) in [6.07, 6.45) is 3.36. The molecule has 2 rings (SSSR count). The van der Waals surface area contributed by atoms with Crippen LogP contribution >= 0.6 is 11.6 Å². The highest BCUT2D eigenvalue weighted by molar-refractivity contribution is 6.29. The number of rotatable bonds is 3. The summed E-state index contributed by atoms with van der Waals surface area (Å²) in [6, 6.07) is 3.43. The van der Waals surface area contributed by atoms with E-state index in [4.69, 9.17) is 16.3 Å². The molecular weight excluding hydrogens is 216 g/mol. The van der Waals surface area contributed by atoms with Crippen LogP contribution in [0.3, 0.4) is 0 Å². The molecule has 0 aliphatic heterocycles. The topological polar surface area (TPSA) is 52.8 Å². The number of ether oxygens (including phenoxy) is 1. The number of nitrogens with zero attached hydrogens (tertiary/aromatic N) is 4. The summed E-state index contributed by atoms with van der Waals surface area (Å²) in [7, 11) is 1.81. The summed E-state index contributed by atoms with van der Waals surface area (Å²) < 4.78 is 7.05. The quantitative estimate of drug-likeness (QED) is 0.741. The second kappa shape index (κ2) is 4.27. The lowest BCUT2D eigenvalue weighted by Gasteiger charge is -2.02. The Bertz CT molecular complexity index is 440. The zero-order chi connectivity index (χ0) is 10.7. The van der Waals surface area contributed by atoms with E-state index in [0.29, 0.717) is 17.5 Å². The minimum atomic E-state index is 0.372. The predicted octanol–water partition coefficient (Wildman–Crippen LogP) is 1.44. The largest absolute Gasteiger partial charge is 0.486 e. The first-order valence-corrected chi connectivity index (χ1v) is 4.71. The lowest BCUT2D eigenvalue weighted by atomic mass is 10.4. The lowest BCUT2D eigenvalue weighted by molar-refractivity contribution is 0.300. The van der Waals surface area contributed by atoms with Gasteiger partial charge in [0, 0.05) is 7.05 Å². The number of aryl methyl sites for hydroxylation is 1. The van der Waals surface area contributed by atoms with Crippen molar-refractivity contribution in [2.24, 2.45) is 7.05 Å². The molecule has 2 aromatic heterocycles. The molecule has 0 spiro atoms. The van der Waals surface area contributed by atoms with E-state index in [9.17, 15) is 0 Å². The summed E-state index contributed by atoms with van der Waals surface area (Å²) in [4.78, 5) is 3.90. The van der Waals surface area contributed by atoms with Gasteiger partial charge in [-0.3, -0.25) is 4.68 Å². The maximum atomic E-state index is 5.64. The van der Waals surface area contributed by atoms with Gasteiger partial charge in [0.2, 0.25) is 0 Å². The fourth-order valence-electron chi connectivity index (χ4n) is 1.07. The van der Waals surface area contributed by atoms with E-state index in [2.05, 4.69) is 15.3 Å². The highest BCUT2D eigenvalue weighted by Gasteiger charge is 2.00. The summed E-state index contributed by atoms with van der Waals surface area (Å²) in [6.45, 7) is 0.372. The minimum absolute atomic E-state index is 0.372. The Morgan fingerprint density at radius 2 is 2.33 bits per heavy atom. The van der Waals surface area contributed by atoms with E-state index in [1.807, 2.05) is 0 Å². The van der Waals surface area contributed by atoms with Gasteiger partial charge in [-0.2, -0.15) is 0 Å². The standard InChI is InChI=1S/C9H9ClN4O/c1-14-5-7(12-13-14)6-15-8-2-3-9(10)11-4-8/h2-5H,6H2,1H3. The van der Waals surface area contributed by atoms with Crippen LogP contribution in [-0.2, 0) is 13.7 Å². The van der Waals surface area contributed by atoms with Crippen LogP contribution in [0.5, 0.6) is 5.75 Å². The Hall–Kier alpha value is -1.62. The maximum Gasteiger partial charge on any atom is 0.138 e. The van der Waals surface area contributed by atoms with Crippen molar-refractivity contribution >= 4 is 11.6 Å². The van der Waals surface area contributed by atoms with Crippen molar-refractivity contribution in [2.45, 2.75) is 6.61 Å². The van der Waals surface area contributed by atoms with Gasteiger partial charge >= 0.3 is 0 Å². The Kier molecular flexibility index (Phi) is 2.82. The number of hydrogen-bond acceptors (Lipinski definition) is 4. The molecule has 0 saturated carbocycles. The Balaban J connectivity index is 1.96. The number of hydrogen-bond donors (Lipinski definition) is 0. The van der Waals surface area contributed by atoms with Crippen LogP contribution in [0, 0.1) is 0 Å². The SMILES string of the molecule is Cn1cc(COc2ccc(Cl)nc2)nn1. The zero-order valence-electron chi connectivity index (χ0n) is 8.09. The van der Waals surface area contributed by atoms with E-state index in [-0.39, 0.29) is 0 Å². The highest BCUT2D eigenvalue weighted by atomic mass is 35.5. The molecule has 0 fully saturated rings. The molecule has 0 aliphatic rings. The first-order chi connectivity index (χ1) is 7.24. The molecule has 0 unspecified atom stereocenters. The van der Waals surface area contributed by atoms with Gasteiger partial charge in [-0.05, 0) is 12.1 Å². The number of halogens is 1. The Morgan fingerprint density at radius 1 is 1.47 bits per heavy atom. The normalized spacial score (nSPS) is 10.3. The van der Waals surface area contributed by atoms with Crippen molar-refractivity contribution in [1.82, 2.24) is 20.0 Å². The second-order valence-corrected chi connectivity index (χ2v) is 3.38. The molecule has 0 N–H and O–H groups in total. The van der Waals surface area contributed by atoms with Crippen molar-refractivity contribution in [3.05, 3.63) is 35.4 Å². The van der Waals surface area contributed by atoms with Crippen LogP contribution in [-0.4, -0.2) is 20.0 Å². The van der Waals surface area contributed by atoms with Crippen LogP contribution < -0.4 is 4.74 Å². The molecule has 2 aromatic rings. The zero-order valence-corrected chi connectivity index (χ0v) is 8.85. The lowest BCUT2D eigenvalue weighted by Crippen LogP contribution is -1.96. The van der Waals surface area contributed by atoms with Crippen molar-refractivity contribution in [1.29, 1.82) is 0 Å². The highest BCUT2D eigenvalue weighted by Crippen LogP contribution is 2.13. The minimum Gasteiger partial charge on any atom is -0.486 e. The van der Waals surface area contributed by atoms with Gasteiger partial charge in [0.25, 0.3) is 0 Å². The molecule has 15 heavy (non-hydrogen) atoms. The molecular formula is C9H9ClN4O. The van der Waals surface area contributed by atoms with E-state index in [0.717, 1.165) is 5.69 Å². The summed E-state index contributed by atoms with van der Waals surface area (Å²) in [5.74, 6) is 0.657. The van der Waals surface area contributed by atoms with E-state index >= 15 is 0 Å². The van der Waals surface area contributed by atoms with Crippen LogP contribution in [0.4, 0.5) is 0 Å². The predicted molar refractivity (Wildman–Crippen MR) is 54.6 cm³/mol. The Labute approximate surface area is 91.7 Å². The molecule has 6 heteroatoms. The molecule has 2 heterocycles. The van der Waals surface area contributed by atoms with E-state index in [1.165, 1.54) is 0 Å². The monoisotopic (exact) mass is 224 g/mol. The number of aromatic nitrogens is 4. The molecule has 0 amide bonds. The first-order valence-electron chi connectivity index (χ1n) is 4.33. The number of pyridine rings is 1. The fourth-order valence-corrected chi connectivity index (χ4v) is 1.18. The molecule has 0 aliphatic carbocycles. The summed E-state index contributed by atoms with van der Waals surface area (Å²) in [5.41, 5.74) is 0.771. The molecule has 0 bridgehead atoms. The average molecular weight is 225 g/mol. The van der Waals surface area contributed by atoms with Crippen LogP contribution in [0.25, 0.3) is 0 Å². The molecule has 0 radical (unpaired) electrons. The van der Waals surface area contributed by atoms with Crippen LogP contribution in [0.15, 0.2) is 24.5 Å². The van der Waals surface area contributed by atoms with Crippen molar-refractivity contribution in [2.75, 3.05) is 0 Å². The van der Waals surface area contributed by atoms with E-state index < -0.39 is 0 Å². The van der Waals surface area contributed by atoms with Gasteiger partial charge in [0.15, 0.2) is 0 Å². The van der Waals surface area contributed by atoms with Crippen molar-refractivity contribution in [3.63, 3.8) is 0 Å². The third kappa shape index (κ3) is 2.66. The smallest absolute Gasteiger partial charge is 0.138 e. The molecule has 0 atom stereocenters. The maximum absolute atomic E-state index is 5.64. The first kappa shape index (κ1) is 9.92. The Morgan fingerprint density at radius 3 is 2.93 bits per heavy atom. The fraction of sp³-hybridized carbons (Fsp3) is 0.222. The molecule has 78 valence electrons. The van der Waals surface area contributed by atoms with E-state index in [1.54, 1.807) is 36.3 Å². The van der Waals surface area contributed by atoms with Gasteiger partial charge in [0.1, 0.15) is 23.2 Å².